The zero-order chi connectivity index (χ0) is 22.8. The van der Waals surface area contributed by atoms with Gasteiger partial charge in [-0.25, -0.2) is 0 Å². The molecule has 0 amide bonds. The fraction of sp³-hybridized carbons (Fsp3) is 0.348. The molecule has 5 rings (SSSR count). The van der Waals surface area contributed by atoms with E-state index >= 15 is 0 Å². The van der Waals surface area contributed by atoms with Crippen molar-refractivity contribution in [1.29, 1.82) is 0 Å². The first-order valence-electron chi connectivity index (χ1n) is 10.5. The highest BCUT2D eigenvalue weighted by molar-refractivity contribution is 7.99. The molecule has 0 saturated carbocycles. The summed E-state index contributed by atoms with van der Waals surface area (Å²) in [7, 11) is 4.88. The number of fused-ring (bicyclic) bond motifs is 1. The molecule has 0 aliphatic carbocycles. The van der Waals surface area contributed by atoms with Crippen molar-refractivity contribution < 1.29 is 23.7 Å². The lowest BCUT2D eigenvalue weighted by molar-refractivity contribution is 0.138. The van der Waals surface area contributed by atoms with Crippen molar-refractivity contribution in [2.75, 3.05) is 40.3 Å². The Kier molecular flexibility index (Phi) is 6.10. The summed E-state index contributed by atoms with van der Waals surface area (Å²) >= 11 is 1.57. The van der Waals surface area contributed by atoms with Gasteiger partial charge in [-0.05, 0) is 36.4 Å². The normalized spacial score (nSPS) is 17.3. The van der Waals surface area contributed by atoms with Gasteiger partial charge < -0.3 is 23.7 Å². The molecule has 1 atom stereocenters. The standard InChI is InChI=1S/C23H24N4O5S/c1-28-15-5-7-19(29-2)17(11-15)22-24-25-23-27(22)26-18(13-33-23)14-4-6-20(30-3)21(10-14)32-16-8-9-31-12-16/h4-7,10-11,16H,8-9,12-13H2,1-3H3/t16-/m0/s1. The molecular weight excluding hydrogens is 444 g/mol. The zero-order valence-electron chi connectivity index (χ0n) is 18.6. The van der Waals surface area contributed by atoms with Gasteiger partial charge in [0.25, 0.3) is 0 Å². The molecule has 0 bridgehead atoms. The lowest BCUT2D eigenvalue weighted by atomic mass is 10.1. The van der Waals surface area contributed by atoms with Crippen LogP contribution in [-0.2, 0) is 4.74 Å². The number of thioether (sulfide) groups is 1. The van der Waals surface area contributed by atoms with Crippen molar-refractivity contribution in [1.82, 2.24) is 14.9 Å². The molecule has 3 aromatic rings. The number of aromatic nitrogens is 3. The number of benzene rings is 2. The quantitative estimate of drug-likeness (QED) is 0.521. The Balaban J connectivity index is 1.52. The molecule has 0 unspecified atom stereocenters. The van der Waals surface area contributed by atoms with Crippen LogP contribution >= 0.6 is 11.8 Å². The van der Waals surface area contributed by atoms with Crippen LogP contribution in [-0.4, -0.2) is 67.0 Å². The Morgan fingerprint density at radius 1 is 0.970 bits per heavy atom. The summed E-state index contributed by atoms with van der Waals surface area (Å²) in [4.78, 5) is 0. The van der Waals surface area contributed by atoms with E-state index in [1.54, 1.807) is 37.8 Å². The Bertz CT molecular complexity index is 1190. The van der Waals surface area contributed by atoms with E-state index < -0.39 is 0 Å². The van der Waals surface area contributed by atoms with Gasteiger partial charge in [-0.1, -0.05) is 11.8 Å². The predicted octanol–water partition coefficient (Wildman–Crippen LogP) is 3.50. The van der Waals surface area contributed by atoms with Crippen molar-refractivity contribution in [2.24, 2.45) is 5.10 Å². The summed E-state index contributed by atoms with van der Waals surface area (Å²) in [5.74, 6) is 3.97. The minimum atomic E-state index is 0.0217. The van der Waals surface area contributed by atoms with E-state index in [4.69, 9.17) is 28.8 Å². The number of rotatable bonds is 7. The van der Waals surface area contributed by atoms with Crippen LogP contribution in [0.25, 0.3) is 11.4 Å². The van der Waals surface area contributed by atoms with E-state index in [0.717, 1.165) is 23.3 Å². The monoisotopic (exact) mass is 468 g/mol. The Labute approximate surface area is 195 Å². The van der Waals surface area contributed by atoms with Crippen LogP contribution in [0.4, 0.5) is 0 Å². The van der Waals surface area contributed by atoms with Crippen molar-refractivity contribution in [3.8, 4) is 34.4 Å². The molecule has 0 spiro atoms. The molecule has 2 aromatic carbocycles. The van der Waals surface area contributed by atoms with Gasteiger partial charge in [0.05, 0.1) is 45.8 Å². The molecule has 10 heteroatoms. The van der Waals surface area contributed by atoms with E-state index in [1.165, 1.54) is 0 Å². The van der Waals surface area contributed by atoms with Crippen molar-refractivity contribution in [3.05, 3.63) is 42.0 Å². The first-order valence-corrected chi connectivity index (χ1v) is 11.5. The number of hydrogen-bond donors (Lipinski definition) is 0. The number of ether oxygens (including phenoxy) is 5. The van der Waals surface area contributed by atoms with Crippen LogP contribution < -0.4 is 18.9 Å². The number of hydrogen-bond acceptors (Lipinski definition) is 9. The van der Waals surface area contributed by atoms with Gasteiger partial charge in [-0.2, -0.15) is 9.78 Å². The summed E-state index contributed by atoms with van der Waals surface area (Å²) < 4.78 is 29.8. The maximum atomic E-state index is 6.16. The smallest absolute Gasteiger partial charge is 0.212 e. The van der Waals surface area contributed by atoms with Crippen LogP contribution in [0, 0.1) is 0 Å². The van der Waals surface area contributed by atoms with Crippen LogP contribution in [0.15, 0.2) is 46.7 Å². The highest BCUT2D eigenvalue weighted by atomic mass is 32.2. The average molecular weight is 469 g/mol. The SMILES string of the molecule is COc1ccc(OC)c(-c2nnc3n2N=C(c2ccc(OC)c(O[C@H]4CCOC4)c2)CS3)c1. The highest BCUT2D eigenvalue weighted by Crippen LogP contribution is 2.36. The van der Waals surface area contributed by atoms with Crippen LogP contribution in [0.2, 0.25) is 0 Å². The first kappa shape index (κ1) is 21.6. The first-order chi connectivity index (χ1) is 16.2. The van der Waals surface area contributed by atoms with Crippen LogP contribution in [0.5, 0.6) is 23.0 Å². The minimum Gasteiger partial charge on any atom is -0.497 e. The Morgan fingerprint density at radius 2 is 1.82 bits per heavy atom. The molecule has 33 heavy (non-hydrogen) atoms. The van der Waals surface area contributed by atoms with Gasteiger partial charge in [0, 0.05) is 17.7 Å². The second-order valence-corrected chi connectivity index (χ2v) is 8.43. The van der Waals surface area contributed by atoms with Gasteiger partial charge in [-0.15, -0.1) is 10.2 Å². The zero-order valence-corrected chi connectivity index (χ0v) is 19.4. The van der Waals surface area contributed by atoms with Gasteiger partial charge in [-0.3, -0.25) is 0 Å². The van der Waals surface area contributed by atoms with Gasteiger partial charge in [0.1, 0.15) is 17.6 Å². The minimum absolute atomic E-state index is 0.0217. The maximum absolute atomic E-state index is 6.16. The third-order valence-corrected chi connectivity index (χ3v) is 6.43. The number of nitrogens with zero attached hydrogens (tertiary/aromatic N) is 4. The molecular formula is C23H24N4O5S. The predicted molar refractivity (Wildman–Crippen MR) is 124 cm³/mol. The summed E-state index contributed by atoms with van der Waals surface area (Å²) in [6.07, 6.45) is 0.883. The molecule has 1 fully saturated rings. The molecule has 1 saturated heterocycles. The van der Waals surface area contributed by atoms with Gasteiger partial charge in [0.15, 0.2) is 17.3 Å². The van der Waals surface area contributed by atoms with Crippen molar-refractivity contribution >= 4 is 17.5 Å². The lowest BCUT2D eigenvalue weighted by Crippen LogP contribution is -2.17. The molecule has 172 valence electrons. The van der Waals surface area contributed by atoms with E-state index in [0.29, 0.717) is 52.9 Å². The molecule has 3 heterocycles. The van der Waals surface area contributed by atoms with Crippen LogP contribution in [0.1, 0.15) is 12.0 Å². The molecule has 0 N–H and O–H groups in total. The largest absolute Gasteiger partial charge is 0.497 e. The Hall–Kier alpha value is -3.24. The second kappa shape index (κ2) is 9.32. The summed E-state index contributed by atoms with van der Waals surface area (Å²) in [6.45, 7) is 1.29. The summed E-state index contributed by atoms with van der Waals surface area (Å²) in [5.41, 5.74) is 2.58. The highest BCUT2D eigenvalue weighted by Gasteiger charge is 2.25. The fourth-order valence-corrected chi connectivity index (χ4v) is 4.60. The maximum Gasteiger partial charge on any atom is 0.212 e. The average Bonchev–Trinajstić information content (AvgIpc) is 3.53. The van der Waals surface area contributed by atoms with Gasteiger partial charge in [0.2, 0.25) is 5.16 Å². The van der Waals surface area contributed by atoms with E-state index in [-0.39, 0.29) is 6.10 Å². The van der Waals surface area contributed by atoms with Crippen molar-refractivity contribution in [3.63, 3.8) is 0 Å². The third-order valence-electron chi connectivity index (χ3n) is 5.50. The van der Waals surface area contributed by atoms with E-state index in [1.807, 2.05) is 36.4 Å². The molecule has 9 nitrogen and oxygen atoms in total. The van der Waals surface area contributed by atoms with E-state index in [9.17, 15) is 0 Å². The van der Waals surface area contributed by atoms with Crippen molar-refractivity contribution in [2.45, 2.75) is 17.7 Å². The lowest BCUT2D eigenvalue weighted by Gasteiger charge is -2.18. The topological polar surface area (TPSA) is 89.2 Å². The molecule has 0 radical (unpaired) electrons. The molecule has 2 aliphatic rings. The van der Waals surface area contributed by atoms with Crippen LogP contribution in [0.3, 0.4) is 0 Å². The summed E-state index contributed by atoms with van der Waals surface area (Å²) in [6, 6.07) is 11.4. The van der Waals surface area contributed by atoms with E-state index in [2.05, 4.69) is 10.2 Å². The fourth-order valence-electron chi connectivity index (χ4n) is 3.76. The second-order valence-electron chi connectivity index (χ2n) is 7.49. The molecule has 1 aromatic heterocycles. The third kappa shape index (κ3) is 4.23. The summed E-state index contributed by atoms with van der Waals surface area (Å²) in [5, 5.41) is 14.3. The Morgan fingerprint density at radius 3 is 2.58 bits per heavy atom. The molecule has 2 aliphatic heterocycles. The van der Waals surface area contributed by atoms with Gasteiger partial charge >= 0.3 is 0 Å². The number of methoxy groups -OCH3 is 3.